The highest BCUT2D eigenvalue weighted by Gasteiger charge is 2.30. The molecule has 2 aromatic carbocycles. The summed E-state index contributed by atoms with van der Waals surface area (Å²) in [6, 6.07) is 14.6. The Morgan fingerprint density at radius 2 is 1.32 bits per heavy atom. The van der Waals surface area contributed by atoms with E-state index < -0.39 is 48.6 Å². The van der Waals surface area contributed by atoms with Gasteiger partial charge in [0.25, 0.3) is 0 Å². The molecule has 0 aliphatic carbocycles. The maximum absolute atomic E-state index is 13.2. The molecule has 0 radical (unpaired) electrons. The van der Waals surface area contributed by atoms with E-state index >= 15 is 0 Å². The number of carbonyl (C=O) groups excluding carboxylic acids is 4. The van der Waals surface area contributed by atoms with Crippen LogP contribution in [0.3, 0.4) is 0 Å². The van der Waals surface area contributed by atoms with E-state index in [1.807, 2.05) is 26.0 Å². The van der Waals surface area contributed by atoms with Gasteiger partial charge in [0.15, 0.2) is 0 Å². The average Bonchev–Trinajstić information content (AvgIpc) is 2.90. The van der Waals surface area contributed by atoms with Crippen molar-refractivity contribution in [1.29, 1.82) is 0 Å². The van der Waals surface area contributed by atoms with Gasteiger partial charge < -0.3 is 30.5 Å². The van der Waals surface area contributed by atoms with Gasteiger partial charge in [0.2, 0.25) is 11.8 Å². The SMILES string of the molecule is COC(=O)[C@H](CC(C)C)NC(=O)[C@H](Cc1ccccc1)NC(=O)[C@H](CO)NC(=O)OCc1ccccc1. The smallest absolute Gasteiger partial charge is 0.408 e. The number of methoxy groups -OCH3 is 1. The van der Waals surface area contributed by atoms with E-state index in [1.165, 1.54) is 7.11 Å². The predicted octanol–water partition coefficient (Wildman–Crippen LogP) is 1.71. The summed E-state index contributed by atoms with van der Waals surface area (Å²) in [6.07, 6.45) is -0.437. The van der Waals surface area contributed by atoms with Gasteiger partial charge in [-0.05, 0) is 23.5 Å². The number of nitrogens with one attached hydrogen (secondary N) is 3. The van der Waals surface area contributed by atoms with E-state index in [9.17, 15) is 24.3 Å². The third kappa shape index (κ3) is 10.3. The van der Waals surface area contributed by atoms with Crippen LogP contribution in [0.15, 0.2) is 60.7 Å². The molecule has 0 unspecified atom stereocenters. The average molecular weight is 514 g/mol. The number of esters is 1. The molecule has 0 saturated heterocycles. The second-order valence-corrected chi connectivity index (χ2v) is 8.91. The van der Waals surface area contributed by atoms with E-state index in [-0.39, 0.29) is 18.9 Å². The number of aliphatic hydroxyl groups is 1. The summed E-state index contributed by atoms with van der Waals surface area (Å²) in [6.45, 7) is 3.07. The Labute approximate surface area is 216 Å². The van der Waals surface area contributed by atoms with E-state index in [1.54, 1.807) is 48.5 Å². The van der Waals surface area contributed by atoms with Crippen molar-refractivity contribution < 1.29 is 33.8 Å². The molecule has 10 heteroatoms. The van der Waals surface area contributed by atoms with E-state index in [0.29, 0.717) is 6.42 Å². The lowest BCUT2D eigenvalue weighted by Gasteiger charge is -2.25. The summed E-state index contributed by atoms with van der Waals surface area (Å²) >= 11 is 0. The molecular weight excluding hydrogens is 478 g/mol. The van der Waals surface area contributed by atoms with Crippen LogP contribution in [0.25, 0.3) is 0 Å². The second kappa shape index (κ2) is 15.2. The molecule has 3 atom stereocenters. The van der Waals surface area contributed by atoms with Crippen LogP contribution in [0.4, 0.5) is 4.79 Å². The Kier molecular flexibility index (Phi) is 12.1. The van der Waals surface area contributed by atoms with Crippen LogP contribution >= 0.6 is 0 Å². The number of aliphatic hydroxyl groups excluding tert-OH is 1. The number of amides is 3. The summed E-state index contributed by atoms with van der Waals surface area (Å²) in [5, 5.41) is 17.3. The lowest BCUT2D eigenvalue weighted by molar-refractivity contribution is -0.145. The van der Waals surface area contributed by atoms with Crippen molar-refractivity contribution in [3.05, 3.63) is 71.8 Å². The first-order valence-electron chi connectivity index (χ1n) is 12.0. The molecule has 0 fully saturated rings. The first kappa shape index (κ1) is 29.3. The van der Waals surface area contributed by atoms with Crippen molar-refractivity contribution in [3.63, 3.8) is 0 Å². The summed E-state index contributed by atoms with van der Waals surface area (Å²) in [5.74, 6) is -1.88. The largest absolute Gasteiger partial charge is 0.467 e. The molecule has 37 heavy (non-hydrogen) atoms. The molecule has 4 N–H and O–H groups in total. The number of benzene rings is 2. The zero-order valence-electron chi connectivity index (χ0n) is 21.3. The van der Waals surface area contributed by atoms with Crippen molar-refractivity contribution in [3.8, 4) is 0 Å². The molecule has 0 bridgehead atoms. The van der Waals surface area contributed by atoms with Gasteiger partial charge in [-0.15, -0.1) is 0 Å². The molecular formula is C27H35N3O7. The molecule has 2 aromatic rings. The first-order chi connectivity index (χ1) is 17.7. The zero-order chi connectivity index (χ0) is 27.2. The Hall–Kier alpha value is -3.92. The lowest BCUT2D eigenvalue weighted by atomic mass is 10.0. The minimum atomic E-state index is -1.36. The van der Waals surface area contributed by atoms with Gasteiger partial charge in [0.05, 0.1) is 13.7 Å². The number of hydrogen-bond acceptors (Lipinski definition) is 7. The normalized spacial score (nSPS) is 13.1. The Morgan fingerprint density at radius 1 is 0.784 bits per heavy atom. The number of alkyl carbamates (subject to hydrolysis) is 1. The van der Waals surface area contributed by atoms with Crippen molar-refractivity contribution in [2.24, 2.45) is 5.92 Å². The van der Waals surface area contributed by atoms with Gasteiger partial charge in [-0.25, -0.2) is 9.59 Å². The fourth-order valence-corrected chi connectivity index (χ4v) is 3.53. The van der Waals surface area contributed by atoms with Gasteiger partial charge in [-0.2, -0.15) is 0 Å². The highest BCUT2D eigenvalue weighted by atomic mass is 16.5. The van der Waals surface area contributed by atoms with Crippen molar-refractivity contribution in [1.82, 2.24) is 16.0 Å². The van der Waals surface area contributed by atoms with Crippen molar-refractivity contribution in [2.75, 3.05) is 13.7 Å². The van der Waals surface area contributed by atoms with Crippen LogP contribution in [0.5, 0.6) is 0 Å². The summed E-state index contributed by atoms with van der Waals surface area (Å²) in [7, 11) is 1.24. The Bertz CT molecular complexity index is 1020. The van der Waals surface area contributed by atoms with Crippen LogP contribution in [0.1, 0.15) is 31.4 Å². The predicted molar refractivity (Wildman–Crippen MR) is 136 cm³/mol. The molecule has 200 valence electrons. The molecule has 0 aliphatic rings. The maximum Gasteiger partial charge on any atom is 0.408 e. The highest BCUT2D eigenvalue weighted by Crippen LogP contribution is 2.09. The molecule has 10 nitrogen and oxygen atoms in total. The van der Waals surface area contributed by atoms with Crippen LogP contribution < -0.4 is 16.0 Å². The summed E-state index contributed by atoms with van der Waals surface area (Å²) < 4.78 is 9.93. The Morgan fingerprint density at radius 3 is 1.86 bits per heavy atom. The van der Waals surface area contributed by atoms with Crippen LogP contribution in [0, 0.1) is 5.92 Å². The number of hydrogen-bond donors (Lipinski definition) is 4. The third-order valence-corrected chi connectivity index (χ3v) is 5.43. The van der Waals surface area contributed by atoms with Crippen molar-refractivity contribution in [2.45, 2.75) is 51.4 Å². The molecule has 0 aliphatic heterocycles. The molecule has 0 spiro atoms. The summed E-state index contributed by atoms with van der Waals surface area (Å²) in [4.78, 5) is 50.5. The van der Waals surface area contributed by atoms with Gasteiger partial charge >= 0.3 is 12.1 Å². The van der Waals surface area contributed by atoms with Crippen LogP contribution in [-0.2, 0) is 36.9 Å². The summed E-state index contributed by atoms with van der Waals surface area (Å²) in [5.41, 5.74) is 1.51. The first-order valence-corrected chi connectivity index (χ1v) is 12.0. The highest BCUT2D eigenvalue weighted by molar-refractivity contribution is 5.93. The van der Waals surface area contributed by atoms with E-state index in [4.69, 9.17) is 9.47 Å². The van der Waals surface area contributed by atoms with Gasteiger partial charge in [0, 0.05) is 6.42 Å². The van der Waals surface area contributed by atoms with Gasteiger partial charge in [-0.3, -0.25) is 9.59 Å². The molecule has 0 heterocycles. The topological polar surface area (TPSA) is 143 Å². The number of rotatable bonds is 13. The van der Waals surface area contributed by atoms with Gasteiger partial charge in [0.1, 0.15) is 24.7 Å². The molecule has 2 rings (SSSR count). The van der Waals surface area contributed by atoms with E-state index in [0.717, 1.165) is 11.1 Å². The fourth-order valence-electron chi connectivity index (χ4n) is 3.53. The van der Waals surface area contributed by atoms with Crippen LogP contribution in [0.2, 0.25) is 0 Å². The molecule has 3 amide bonds. The minimum absolute atomic E-state index is 0.0176. The number of ether oxygens (including phenoxy) is 2. The van der Waals surface area contributed by atoms with Gasteiger partial charge in [-0.1, -0.05) is 74.5 Å². The third-order valence-electron chi connectivity index (χ3n) is 5.43. The lowest BCUT2D eigenvalue weighted by Crippen LogP contribution is -2.57. The fraction of sp³-hybridized carbons (Fsp3) is 0.407. The second-order valence-electron chi connectivity index (χ2n) is 8.91. The van der Waals surface area contributed by atoms with E-state index in [2.05, 4.69) is 16.0 Å². The maximum atomic E-state index is 13.2. The zero-order valence-corrected chi connectivity index (χ0v) is 21.3. The Balaban J connectivity index is 2.09. The van der Waals surface area contributed by atoms with Crippen molar-refractivity contribution >= 4 is 23.9 Å². The molecule has 0 saturated carbocycles. The monoisotopic (exact) mass is 513 g/mol. The quantitative estimate of drug-likeness (QED) is 0.299. The standard InChI is InChI=1S/C27H35N3O7/c1-18(2)14-22(26(34)36-3)29-24(32)21(15-19-10-6-4-7-11-19)28-25(33)23(16-31)30-27(35)37-17-20-12-8-5-9-13-20/h4-13,18,21-23,31H,14-17H2,1-3H3,(H,28,33)(H,29,32)(H,30,35)/t21-,22-,23-/m0/s1. The van der Waals surface area contributed by atoms with Crippen LogP contribution in [-0.4, -0.2) is 60.8 Å². The minimum Gasteiger partial charge on any atom is -0.467 e. The number of carbonyl (C=O) groups is 4. The molecule has 0 aromatic heterocycles.